The third-order valence-electron chi connectivity index (χ3n) is 2.63. The van der Waals surface area contributed by atoms with Crippen molar-refractivity contribution in [2.24, 2.45) is 5.73 Å². The number of aromatic nitrogens is 2. The number of hydrogen-bond acceptors (Lipinski definition) is 4. The average Bonchev–Trinajstić information content (AvgIpc) is 2.89. The first-order valence-corrected chi connectivity index (χ1v) is 7.08. The highest BCUT2D eigenvalue weighted by atomic mass is 32.2. The zero-order chi connectivity index (χ0) is 14.8. The number of rotatable bonds is 5. The van der Waals surface area contributed by atoms with Crippen LogP contribution in [0.2, 0.25) is 0 Å². The van der Waals surface area contributed by atoms with Crippen LogP contribution in [0, 0.1) is 11.6 Å². The van der Waals surface area contributed by atoms with Gasteiger partial charge in [0.25, 0.3) is 10.0 Å². The van der Waals surface area contributed by atoms with Crippen LogP contribution < -0.4 is 10.5 Å². The quantitative estimate of drug-likeness (QED) is 0.754. The zero-order valence-electron chi connectivity index (χ0n) is 10.2. The van der Waals surface area contributed by atoms with Crippen molar-refractivity contribution in [1.29, 1.82) is 0 Å². The molecule has 0 spiro atoms. The van der Waals surface area contributed by atoms with Crippen LogP contribution in [-0.2, 0) is 23.1 Å². The number of nitrogens with two attached hydrogens (primary N) is 1. The molecule has 20 heavy (non-hydrogen) atoms. The maximum Gasteiger partial charge on any atom is 0.258 e. The number of halogens is 2. The molecule has 9 heteroatoms. The molecule has 1 aromatic carbocycles. The van der Waals surface area contributed by atoms with Gasteiger partial charge in [0, 0.05) is 24.2 Å². The molecular formula is C11H12F2N4O2S. The van der Waals surface area contributed by atoms with Crippen LogP contribution in [0.25, 0.3) is 0 Å². The SMILES string of the molecule is NCc1cn[nH]c1S(=O)(=O)NCc1cc(F)ccc1F. The summed E-state index contributed by atoms with van der Waals surface area (Å²) in [5, 5.41) is 5.72. The summed E-state index contributed by atoms with van der Waals surface area (Å²) in [6.45, 7) is -0.393. The van der Waals surface area contributed by atoms with Crippen molar-refractivity contribution < 1.29 is 17.2 Å². The van der Waals surface area contributed by atoms with Gasteiger partial charge in [-0.3, -0.25) is 5.10 Å². The Morgan fingerprint density at radius 3 is 2.75 bits per heavy atom. The summed E-state index contributed by atoms with van der Waals surface area (Å²) in [6, 6.07) is 2.81. The Morgan fingerprint density at radius 1 is 1.30 bits per heavy atom. The number of hydrogen-bond donors (Lipinski definition) is 3. The third kappa shape index (κ3) is 3.00. The van der Waals surface area contributed by atoms with Gasteiger partial charge in [-0.2, -0.15) is 5.10 Å². The van der Waals surface area contributed by atoms with E-state index in [-0.39, 0.29) is 23.7 Å². The van der Waals surface area contributed by atoms with Crippen LogP contribution in [0.3, 0.4) is 0 Å². The highest BCUT2D eigenvalue weighted by Crippen LogP contribution is 2.13. The molecule has 0 radical (unpaired) electrons. The molecule has 0 bridgehead atoms. The van der Waals surface area contributed by atoms with Gasteiger partial charge in [0.1, 0.15) is 11.6 Å². The summed E-state index contributed by atoms with van der Waals surface area (Å²) >= 11 is 0. The van der Waals surface area contributed by atoms with Crippen molar-refractivity contribution in [3.8, 4) is 0 Å². The van der Waals surface area contributed by atoms with Gasteiger partial charge in [-0.25, -0.2) is 21.9 Å². The molecule has 0 amide bonds. The molecule has 0 fully saturated rings. The van der Waals surface area contributed by atoms with E-state index in [0.29, 0.717) is 5.56 Å². The monoisotopic (exact) mass is 302 g/mol. The zero-order valence-corrected chi connectivity index (χ0v) is 11.0. The summed E-state index contributed by atoms with van der Waals surface area (Å²) in [6.07, 6.45) is 1.29. The Balaban J connectivity index is 2.20. The molecule has 1 heterocycles. The van der Waals surface area contributed by atoms with Gasteiger partial charge in [0.15, 0.2) is 5.03 Å². The summed E-state index contributed by atoms with van der Waals surface area (Å²) in [4.78, 5) is 0. The second-order valence-electron chi connectivity index (χ2n) is 3.99. The minimum absolute atomic E-state index is 0.0128. The van der Waals surface area contributed by atoms with E-state index in [4.69, 9.17) is 5.73 Å². The number of aromatic amines is 1. The van der Waals surface area contributed by atoms with E-state index in [0.717, 1.165) is 18.2 Å². The molecule has 4 N–H and O–H groups in total. The van der Waals surface area contributed by atoms with Gasteiger partial charge in [0.05, 0.1) is 6.20 Å². The van der Waals surface area contributed by atoms with Crippen molar-refractivity contribution in [3.05, 3.63) is 47.2 Å². The molecule has 0 unspecified atom stereocenters. The topological polar surface area (TPSA) is 101 Å². The minimum Gasteiger partial charge on any atom is -0.326 e. The Bertz CT molecular complexity index is 715. The van der Waals surface area contributed by atoms with Gasteiger partial charge < -0.3 is 5.73 Å². The average molecular weight is 302 g/mol. The predicted octanol–water partition coefficient (Wildman–Crippen LogP) is 0.625. The molecule has 108 valence electrons. The summed E-state index contributed by atoms with van der Waals surface area (Å²) in [7, 11) is -3.92. The first kappa shape index (κ1) is 14.6. The summed E-state index contributed by atoms with van der Waals surface area (Å²) < 4.78 is 52.5. The van der Waals surface area contributed by atoms with Gasteiger partial charge >= 0.3 is 0 Å². The lowest BCUT2D eigenvalue weighted by molar-refractivity contribution is 0.563. The molecule has 1 aromatic heterocycles. The van der Waals surface area contributed by atoms with Gasteiger partial charge in [0.2, 0.25) is 0 Å². The fraction of sp³-hybridized carbons (Fsp3) is 0.182. The van der Waals surface area contributed by atoms with Crippen molar-refractivity contribution >= 4 is 10.0 Å². The lowest BCUT2D eigenvalue weighted by atomic mass is 10.2. The minimum atomic E-state index is -3.92. The molecule has 0 aliphatic rings. The first-order chi connectivity index (χ1) is 9.44. The van der Waals surface area contributed by atoms with E-state index in [1.165, 1.54) is 6.20 Å². The number of nitrogens with one attached hydrogen (secondary N) is 2. The molecule has 0 saturated heterocycles. The van der Waals surface area contributed by atoms with Crippen LogP contribution in [-0.4, -0.2) is 18.6 Å². The van der Waals surface area contributed by atoms with E-state index in [9.17, 15) is 17.2 Å². The molecular weight excluding hydrogens is 290 g/mol. The Kier molecular flexibility index (Phi) is 4.12. The molecule has 6 nitrogen and oxygen atoms in total. The summed E-state index contributed by atoms with van der Waals surface area (Å²) in [5.41, 5.74) is 5.59. The molecule has 0 atom stereocenters. The number of sulfonamides is 1. The first-order valence-electron chi connectivity index (χ1n) is 5.60. The number of benzene rings is 1. The lowest BCUT2D eigenvalue weighted by Gasteiger charge is -2.07. The Hall–Kier alpha value is -1.84. The summed E-state index contributed by atoms with van der Waals surface area (Å²) in [5.74, 6) is -1.34. The maximum atomic E-state index is 13.4. The third-order valence-corrected chi connectivity index (χ3v) is 4.04. The van der Waals surface area contributed by atoms with Crippen molar-refractivity contribution in [2.45, 2.75) is 18.1 Å². The predicted molar refractivity (Wildman–Crippen MR) is 66.9 cm³/mol. The fourth-order valence-corrected chi connectivity index (χ4v) is 2.74. The lowest BCUT2D eigenvalue weighted by Crippen LogP contribution is -2.25. The normalized spacial score (nSPS) is 11.8. The molecule has 0 saturated carbocycles. The van der Waals surface area contributed by atoms with Crippen LogP contribution in [0.4, 0.5) is 8.78 Å². The maximum absolute atomic E-state index is 13.4. The Morgan fingerprint density at radius 2 is 2.05 bits per heavy atom. The van der Waals surface area contributed by atoms with Crippen LogP contribution in [0.15, 0.2) is 29.4 Å². The number of H-pyrrole nitrogens is 1. The van der Waals surface area contributed by atoms with Crippen molar-refractivity contribution in [1.82, 2.24) is 14.9 Å². The second kappa shape index (κ2) is 5.65. The van der Waals surface area contributed by atoms with Crippen molar-refractivity contribution in [2.75, 3.05) is 0 Å². The van der Waals surface area contributed by atoms with Gasteiger partial charge in [-0.15, -0.1) is 0 Å². The highest BCUT2D eigenvalue weighted by molar-refractivity contribution is 7.89. The highest BCUT2D eigenvalue weighted by Gasteiger charge is 2.20. The number of nitrogens with zero attached hydrogens (tertiary/aromatic N) is 1. The Labute approximate surface area is 114 Å². The molecule has 2 aromatic rings. The van der Waals surface area contributed by atoms with E-state index in [2.05, 4.69) is 14.9 Å². The smallest absolute Gasteiger partial charge is 0.258 e. The standard InChI is InChI=1S/C11H12F2N4O2S/c12-9-1-2-10(13)7(3-9)6-16-20(18,19)11-8(4-14)5-15-17-11/h1-3,5,16H,4,6,14H2,(H,15,17). The van der Waals surface area contributed by atoms with Crippen LogP contribution >= 0.6 is 0 Å². The fourth-order valence-electron chi connectivity index (χ4n) is 1.60. The van der Waals surface area contributed by atoms with Crippen LogP contribution in [0.1, 0.15) is 11.1 Å². The van der Waals surface area contributed by atoms with E-state index in [1.807, 2.05) is 0 Å². The van der Waals surface area contributed by atoms with Crippen molar-refractivity contribution in [3.63, 3.8) is 0 Å². The molecule has 0 aliphatic carbocycles. The van der Waals surface area contributed by atoms with E-state index < -0.39 is 21.7 Å². The molecule has 0 aliphatic heterocycles. The molecule has 2 rings (SSSR count). The van der Waals surface area contributed by atoms with Gasteiger partial charge in [-0.05, 0) is 18.2 Å². The van der Waals surface area contributed by atoms with E-state index in [1.54, 1.807) is 0 Å². The largest absolute Gasteiger partial charge is 0.326 e. The second-order valence-corrected chi connectivity index (χ2v) is 5.69. The van der Waals surface area contributed by atoms with Crippen LogP contribution in [0.5, 0.6) is 0 Å². The van der Waals surface area contributed by atoms with E-state index >= 15 is 0 Å². The van der Waals surface area contributed by atoms with Gasteiger partial charge in [-0.1, -0.05) is 0 Å².